The fraction of sp³-hybridized carbons (Fsp3) is 0.889. The zero-order valence-corrected chi connectivity index (χ0v) is 19.4. The normalized spacial score (nSPS) is 59.5. The molecule has 5 fully saturated rings. The maximum absolute atomic E-state index is 12.1. The third-order valence-electron chi connectivity index (χ3n) is 11.3. The maximum Gasteiger partial charge on any atom is 0.171 e. The number of carbonyl (C=O) groups excluding carboxylic acids is 1. The van der Waals surface area contributed by atoms with Gasteiger partial charge in [-0.25, -0.2) is 0 Å². The molecule has 11 atom stereocenters. The van der Waals surface area contributed by atoms with E-state index in [1.54, 1.807) is 0 Å². The summed E-state index contributed by atoms with van der Waals surface area (Å²) in [7, 11) is 0. The molecule has 4 aliphatic carbocycles. The minimum Gasteiger partial charge on any atom is -0.349 e. The van der Waals surface area contributed by atoms with Crippen molar-refractivity contribution in [2.45, 2.75) is 91.0 Å². The molecule has 0 aromatic heterocycles. The highest BCUT2D eigenvalue weighted by molar-refractivity contribution is 5.91. The van der Waals surface area contributed by atoms with Crippen LogP contribution in [0.2, 0.25) is 0 Å². The van der Waals surface area contributed by atoms with Crippen LogP contribution in [0.25, 0.3) is 0 Å². The van der Waals surface area contributed by atoms with Gasteiger partial charge in [-0.05, 0) is 90.9 Å². The second-order valence-corrected chi connectivity index (χ2v) is 12.5. The van der Waals surface area contributed by atoms with E-state index in [-0.39, 0.29) is 11.2 Å². The molecule has 1 unspecified atom stereocenters. The van der Waals surface area contributed by atoms with Crippen LogP contribution in [0.15, 0.2) is 12.2 Å². The Morgan fingerprint density at radius 2 is 1.87 bits per heavy atom. The van der Waals surface area contributed by atoms with Gasteiger partial charge in [0, 0.05) is 18.8 Å². The lowest BCUT2D eigenvalue weighted by Crippen LogP contribution is -2.53. The number of allylic oxidation sites excluding steroid dienone is 2. The summed E-state index contributed by atoms with van der Waals surface area (Å²) in [6.07, 6.45) is 14.1. The van der Waals surface area contributed by atoms with Crippen LogP contribution in [0.4, 0.5) is 0 Å². The maximum atomic E-state index is 12.1. The second kappa shape index (κ2) is 6.44. The molecule has 2 heterocycles. The summed E-state index contributed by atoms with van der Waals surface area (Å²) in [5, 5.41) is 0. The Balaban J connectivity index is 1.28. The van der Waals surface area contributed by atoms with Crippen molar-refractivity contribution in [2.24, 2.45) is 52.3 Å². The van der Waals surface area contributed by atoms with Gasteiger partial charge in [0.1, 0.15) is 0 Å². The van der Waals surface area contributed by atoms with Crippen molar-refractivity contribution in [3.05, 3.63) is 12.2 Å². The quantitative estimate of drug-likeness (QED) is 0.506. The number of ether oxygens (including phenoxy) is 2. The number of fused-ring (bicyclic) bond motifs is 7. The van der Waals surface area contributed by atoms with E-state index in [0.29, 0.717) is 41.0 Å². The van der Waals surface area contributed by atoms with Crippen molar-refractivity contribution in [1.29, 1.82) is 0 Å². The number of ketones is 1. The lowest BCUT2D eigenvalue weighted by Gasteiger charge is -2.59. The van der Waals surface area contributed by atoms with Gasteiger partial charge in [0.2, 0.25) is 0 Å². The van der Waals surface area contributed by atoms with E-state index in [4.69, 9.17) is 9.47 Å². The lowest BCUT2D eigenvalue weighted by atomic mass is 9.45. The van der Waals surface area contributed by atoms with Crippen LogP contribution in [0.3, 0.4) is 0 Å². The predicted octanol–water partition coefficient (Wildman–Crippen LogP) is 5.78. The second-order valence-electron chi connectivity index (χ2n) is 12.5. The lowest BCUT2D eigenvalue weighted by molar-refractivity contribution is -0.272. The topological polar surface area (TPSA) is 35.5 Å². The molecule has 3 nitrogen and oxygen atoms in total. The number of hydrogen-bond donors (Lipinski definition) is 0. The Bertz CT molecular complexity index is 764. The molecular weight excluding hydrogens is 372 g/mol. The average molecular weight is 413 g/mol. The Labute approximate surface area is 182 Å². The first kappa shape index (κ1) is 20.0. The van der Waals surface area contributed by atoms with E-state index in [0.717, 1.165) is 37.2 Å². The molecule has 0 bridgehead atoms. The van der Waals surface area contributed by atoms with Gasteiger partial charge in [-0.2, -0.15) is 0 Å². The Morgan fingerprint density at radius 3 is 2.63 bits per heavy atom. The molecule has 3 saturated carbocycles. The fourth-order valence-electron chi connectivity index (χ4n) is 9.65. The minimum absolute atomic E-state index is 0.228. The molecule has 1 spiro atoms. The van der Waals surface area contributed by atoms with Gasteiger partial charge < -0.3 is 9.47 Å². The first-order valence-electron chi connectivity index (χ1n) is 12.8. The van der Waals surface area contributed by atoms with E-state index >= 15 is 0 Å². The van der Waals surface area contributed by atoms with Gasteiger partial charge in [-0.3, -0.25) is 4.79 Å². The van der Waals surface area contributed by atoms with Crippen LogP contribution in [0.5, 0.6) is 0 Å². The van der Waals surface area contributed by atoms with Crippen molar-refractivity contribution >= 4 is 5.78 Å². The Hall–Kier alpha value is -0.670. The van der Waals surface area contributed by atoms with Gasteiger partial charge in [0.15, 0.2) is 11.6 Å². The summed E-state index contributed by atoms with van der Waals surface area (Å²) in [5.74, 6) is 4.74. The van der Waals surface area contributed by atoms with E-state index in [1.807, 2.05) is 6.08 Å². The molecule has 2 saturated heterocycles. The first-order valence-corrected chi connectivity index (χ1v) is 12.8. The van der Waals surface area contributed by atoms with Crippen LogP contribution < -0.4 is 0 Å². The third kappa shape index (κ3) is 2.48. The molecule has 6 rings (SSSR count). The first-order chi connectivity index (χ1) is 14.3. The van der Waals surface area contributed by atoms with Crippen molar-refractivity contribution in [3.8, 4) is 0 Å². The molecule has 3 heteroatoms. The Morgan fingerprint density at radius 1 is 1.03 bits per heavy atom. The highest BCUT2D eigenvalue weighted by atomic mass is 16.7. The summed E-state index contributed by atoms with van der Waals surface area (Å²) < 4.78 is 13.3. The third-order valence-corrected chi connectivity index (χ3v) is 11.3. The van der Waals surface area contributed by atoms with E-state index in [9.17, 15) is 4.79 Å². The summed E-state index contributed by atoms with van der Waals surface area (Å²) in [4.78, 5) is 12.1. The van der Waals surface area contributed by atoms with E-state index < -0.39 is 0 Å². The molecule has 0 radical (unpaired) electrons. The monoisotopic (exact) mass is 412 g/mol. The molecule has 0 N–H and O–H groups in total. The molecule has 6 aliphatic rings. The summed E-state index contributed by atoms with van der Waals surface area (Å²) >= 11 is 0. The SMILES string of the molecule is C[C@@H]1CCC2(OC1)O[C@H]1C[C@H]3[C@@H]4CC[C@H]5CC(=O)C=C[C@]5(C)[C@H]4CC[C@]3(C)[C@H]1[C@@H]2C. The molecule has 0 aromatic rings. The van der Waals surface area contributed by atoms with Crippen molar-refractivity contribution in [1.82, 2.24) is 0 Å². The summed E-state index contributed by atoms with van der Waals surface area (Å²) in [6.45, 7) is 10.7. The van der Waals surface area contributed by atoms with Gasteiger partial charge in [-0.15, -0.1) is 0 Å². The van der Waals surface area contributed by atoms with Gasteiger partial charge >= 0.3 is 0 Å². The zero-order valence-electron chi connectivity index (χ0n) is 19.4. The number of carbonyl (C=O) groups is 1. The highest BCUT2D eigenvalue weighted by Crippen LogP contribution is 2.70. The van der Waals surface area contributed by atoms with Crippen LogP contribution in [-0.2, 0) is 14.3 Å². The molecular formula is C27H40O3. The number of rotatable bonds is 0. The number of hydrogen-bond acceptors (Lipinski definition) is 3. The zero-order chi connectivity index (χ0) is 20.9. The molecule has 30 heavy (non-hydrogen) atoms. The highest BCUT2D eigenvalue weighted by Gasteiger charge is 2.68. The summed E-state index contributed by atoms with van der Waals surface area (Å²) in [6, 6.07) is 0. The van der Waals surface area contributed by atoms with Gasteiger partial charge in [0.25, 0.3) is 0 Å². The molecule has 2 aliphatic heterocycles. The van der Waals surface area contributed by atoms with Crippen molar-refractivity contribution in [2.75, 3.05) is 6.61 Å². The molecule has 0 amide bonds. The fourth-order valence-corrected chi connectivity index (χ4v) is 9.65. The molecule has 166 valence electrons. The van der Waals surface area contributed by atoms with E-state index in [2.05, 4.69) is 33.8 Å². The smallest absolute Gasteiger partial charge is 0.171 e. The average Bonchev–Trinajstić information content (AvgIpc) is 3.16. The largest absolute Gasteiger partial charge is 0.349 e. The molecule has 0 aromatic carbocycles. The van der Waals surface area contributed by atoms with Crippen LogP contribution in [0.1, 0.15) is 79.1 Å². The van der Waals surface area contributed by atoms with E-state index in [1.165, 1.54) is 38.5 Å². The van der Waals surface area contributed by atoms with Crippen LogP contribution >= 0.6 is 0 Å². The van der Waals surface area contributed by atoms with Gasteiger partial charge in [0.05, 0.1) is 12.7 Å². The standard InChI is InChI=1S/C27H40O3/c1-16-7-12-27(29-15-16)17(2)24-23(30-27)14-22-20-6-5-18-13-19(28)8-10-25(18,3)21(20)9-11-26(22,24)4/h8,10,16-18,20-24H,5-7,9,11-15H2,1-4H3/t16-,17+,18+,20-,21+,22+,23+,24+,25+,26+,27?/m1/s1. The Kier molecular flexibility index (Phi) is 4.29. The predicted molar refractivity (Wildman–Crippen MR) is 117 cm³/mol. The van der Waals surface area contributed by atoms with Crippen LogP contribution in [0, 0.1) is 52.3 Å². The van der Waals surface area contributed by atoms with Gasteiger partial charge in [-0.1, -0.05) is 33.8 Å². The van der Waals surface area contributed by atoms with Crippen molar-refractivity contribution < 1.29 is 14.3 Å². The van der Waals surface area contributed by atoms with Crippen LogP contribution in [-0.4, -0.2) is 24.3 Å². The minimum atomic E-state index is -0.303. The van der Waals surface area contributed by atoms with Crippen molar-refractivity contribution in [3.63, 3.8) is 0 Å². The summed E-state index contributed by atoms with van der Waals surface area (Å²) in [5.41, 5.74) is 0.616.